The molecule has 0 saturated carbocycles. The molecule has 9 aromatic rings. The number of hydrogen-bond acceptors (Lipinski definition) is 2. The molecule has 0 N–H and O–H groups in total. The highest BCUT2D eigenvalue weighted by Crippen LogP contribution is 2.43. The normalized spacial score (nSPS) is 11.1. The van der Waals surface area contributed by atoms with Gasteiger partial charge in [-0.05, 0) is 158 Å². The molecule has 0 aliphatic heterocycles. The van der Waals surface area contributed by atoms with Crippen LogP contribution in [0.1, 0.15) is 11.1 Å². The Kier molecular flexibility index (Phi) is 9.64. The Labute approximate surface area is 333 Å². The Morgan fingerprint density at radius 2 is 0.649 bits per heavy atom. The fourth-order valence-corrected chi connectivity index (χ4v) is 7.97. The Morgan fingerprint density at radius 3 is 1.04 bits per heavy atom. The third-order valence-electron chi connectivity index (χ3n) is 10.8. The molecule has 2 aromatic heterocycles. The van der Waals surface area contributed by atoms with E-state index in [0.29, 0.717) is 0 Å². The van der Waals surface area contributed by atoms with Crippen LogP contribution < -0.4 is 0 Å². The number of pyridine rings is 2. The van der Waals surface area contributed by atoms with Gasteiger partial charge < -0.3 is 0 Å². The largest absolute Gasteiger partial charge is 0.256 e. The summed E-state index contributed by atoms with van der Waals surface area (Å²) in [6.07, 6.45) is 3.67. The summed E-state index contributed by atoms with van der Waals surface area (Å²) in [6, 6.07) is 64.8. The summed E-state index contributed by atoms with van der Waals surface area (Å²) in [5.41, 5.74) is 19.8. The fourth-order valence-electron chi connectivity index (χ4n) is 7.97. The van der Waals surface area contributed by atoms with Gasteiger partial charge in [0.1, 0.15) is 5.82 Å². The number of hydrogen-bond donors (Lipinski definition) is 0. The van der Waals surface area contributed by atoms with Crippen LogP contribution in [-0.4, -0.2) is 9.97 Å². The van der Waals surface area contributed by atoms with Crippen LogP contribution in [0.15, 0.2) is 200 Å². The van der Waals surface area contributed by atoms with Crippen LogP contribution in [0, 0.1) is 19.7 Å². The van der Waals surface area contributed by atoms with Crippen molar-refractivity contribution >= 4 is 0 Å². The van der Waals surface area contributed by atoms with Crippen molar-refractivity contribution in [2.24, 2.45) is 0 Å². The first-order chi connectivity index (χ1) is 28.0. The molecule has 2 nitrogen and oxygen atoms in total. The Balaban J connectivity index is 1.23. The van der Waals surface area contributed by atoms with Crippen LogP contribution in [0.4, 0.5) is 4.39 Å². The van der Waals surface area contributed by atoms with Gasteiger partial charge in [-0.1, -0.05) is 121 Å². The summed E-state index contributed by atoms with van der Waals surface area (Å²) >= 11 is 0. The lowest BCUT2D eigenvalue weighted by atomic mass is 9.85. The van der Waals surface area contributed by atoms with Gasteiger partial charge in [0.15, 0.2) is 0 Å². The highest BCUT2D eigenvalue weighted by molar-refractivity contribution is 5.95. The molecular weight excluding hydrogens is 696 g/mol. The molecule has 0 fully saturated rings. The smallest absolute Gasteiger partial charge is 0.123 e. The van der Waals surface area contributed by atoms with Gasteiger partial charge in [0.05, 0.1) is 11.4 Å². The molecule has 0 atom stereocenters. The van der Waals surface area contributed by atoms with E-state index >= 15 is 0 Å². The van der Waals surface area contributed by atoms with Crippen molar-refractivity contribution in [3.05, 3.63) is 217 Å². The summed E-state index contributed by atoms with van der Waals surface area (Å²) in [7, 11) is 0. The fraction of sp³-hybridized carbons (Fsp3) is 0.0370. The van der Waals surface area contributed by atoms with Gasteiger partial charge >= 0.3 is 0 Å². The summed E-state index contributed by atoms with van der Waals surface area (Å²) in [6.45, 7) is 4.36. The minimum absolute atomic E-state index is 0.250. The molecule has 0 spiro atoms. The van der Waals surface area contributed by atoms with Crippen LogP contribution in [0.3, 0.4) is 0 Å². The van der Waals surface area contributed by atoms with E-state index in [2.05, 4.69) is 145 Å². The average molecular weight is 735 g/mol. The van der Waals surface area contributed by atoms with Crippen molar-refractivity contribution in [3.8, 4) is 89.3 Å². The number of rotatable bonds is 8. The van der Waals surface area contributed by atoms with Gasteiger partial charge in [-0.2, -0.15) is 0 Å². The monoisotopic (exact) mass is 734 g/mol. The lowest BCUT2D eigenvalue weighted by Crippen LogP contribution is -1.94. The van der Waals surface area contributed by atoms with E-state index in [4.69, 9.17) is 0 Å². The SMILES string of the molecule is Cc1cc(-c2ccccn2)ccc1-c1ccccc1-c1cc(-c2ccccc2-c2ccc(F)cc2)cc(-c2ccccc2-c2ccc(-c3ccccn3)cc2C)c1. The summed E-state index contributed by atoms with van der Waals surface area (Å²) in [5.74, 6) is -0.250. The standard InChI is InChI=1S/C54H39FN2/c1-36-31-39(53-19-9-11-29-56-53)23-27-45(36)51-17-7-5-15-49(51)42-33-41(48-14-4-3-13-47(48)38-21-25-44(55)26-22-38)34-43(35-42)50-16-6-8-18-52(50)46-28-24-40(32-37(46)2)54-20-10-12-30-57-54/h3-35H,1-2H3. The van der Waals surface area contributed by atoms with Crippen molar-refractivity contribution in [2.75, 3.05) is 0 Å². The van der Waals surface area contributed by atoms with E-state index in [-0.39, 0.29) is 5.82 Å². The van der Waals surface area contributed by atoms with Gasteiger partial charge in [-0.15, -0.1) is 0 Å². The summed E-state index contributed by atoms with van der Waals surface area (Å²) in [4.78, 5) is 9.20. The van der Waals surface area contributed by atoms with Crippen LogP contribution in [0.25, 0.3) is 89.3 Å². The molecule has 0 radical (unpaired) electrons. The lowest BCUT2D eigenvalue weighted by molar-refractivity contribution is 0.628. The maximum atomic E-state index is 14.1. The van der Waals surface area contributed by atoms with Crippen LogP contribution in [-0.2, 0) is 0 Å². The molecule has 2 heterocycles. The lowest BCUT2D eigenvalue weighted by Gasteiger charge is -2.19. The molecule has 0 saturated heterocycles. The zero-order valence-corrected chi connectivity index (χ0v) is 31.8. The zero-order valence-electron chi connectivity index (χ0n) is 31.8. The average Bonchev–Trinajstić information content (AvgIpc) is 3.27. The van der Waals surface area contributed by atoms with E-state index < -0.39 is 0 Å². The van der Waals surface area contributed by atoms with Crippen molar-refractivity contribution in [3.63, 3.8) is 0 Å². The zero-order chi connectivity index (χ0) is 38.7. The van der Waals surface area contributed by atoms with Crippen LogP contribution in [0.2, 0.25) is 0 Å². The van der Waals surface area contributed by atoms with E-state index in [1.807, 2.05) is 67.0 Å². The van der Waals surface area contributed by atoms with E-state index in [9.17, 15) is 4.39 Å². The minimum atomic E-state index is -0.250. The molecule has 9 rings (SSSR count). The van der Waals surface area contributed by atoms with Gasteiger partial charge in [-0.3, -0.25) is 9.97 Å². The second-order valence-corrected chi connectivity index (χ2v) is 14.4. The first-order valence-electron chi connectivity index (χ1n) is 19.2. The molecule has 0 unspecified atom stereocenters. The number of aryl methyl sites for hydroxylation is 2. The highest BCUT2D eigenvalue weighted by Gasteiger charge is 2.18. The Morgan fingerprint density at radius 1 is 0.298 bits per heavy atom. The molecule has 0 amide bonds. The first-order valence-corrected chi connectivity index (χ1v) is 19.2. The summed E-state index contributed by atoms with van der Waals surface area (Å²) < 4.78 is 14.1. The molecule has 0 aliphatic rings. The van der Waals surface area contributed by atoms with Crippen LogP contribution >= 0.6 is 0 Å². The van der Waals surface area contributed by atoms with Gasteiger partial charge in [0.2, 0.25) is 0 Å². The number of halogens is 1. The van der Waals surface area contributed by atoms with E-state index in [1.54, 1.807) is 0 Å². The van der Waals surface area contributed by atoms with E-state index in [0.717, 1.165) is 78.1 Å². The third-order valence-corrected chi connectivity index (χ3v) is 10.8. The second kappa shape index (κ2) is 15.5. The van der Waals surface area contributed by atoms with Crippen LogP contribution in [0.5, 0.6) is 0 Å². The van der Waals surface area contributed by atoms with Crippen molar-refractivity contribution in [1.82, 2.24) is 9.97 Å². The number of nitrogens with zero attached hydrogens (tertiary/aromatic N) is 2. The molecule has 0 aliphatic carbocycles. The Hall–Kier alpha value is -7.23. The number of benzene rings is 7. The maximum Gasteiger partial charge on any atom is 0.123 e. The van der Waals surface area contributed by atoms with Gasteiger partial charge in [-0.25, -0.2) is 4.39 Å². The van der Waals surface area contributed by atoms with Crippen molar-refractivity contribution in [2.45, 2.75) is 13.8 Å². The molecular formula is C54H39FN2. The molecule has 0 bridgehead atoms. The molecule has 3 heteroatoms. The molecule has 57 heavy (non-hydrogen) atoms. The maximum absolute atomic E-state index is 14.1. The minimum Gasteiger partial charge on any atom is -0.256 e. The van der Waals surface area contributed by atoms with E-state index in [1.165, 1.54) is 34.4 Å². The Bertz CT molecular complexity index is 2710. The first kappa shape index (κ1) is 35.5. The molecule has 7 aromatic carbocycles. The molecule has 272 valence electrons. The third kappa shape index (κ3) is 7.19. The predicted octanol–water partition coefficient (Wildman–Crippen LogP) is 14.6. The van der Waals surface area contributed by atoms with Gasteiger partial charge in [0, 0.05) is 23.5 Å². The summed E-state index contributed by atoms with van der Waals surface area (Å²) in [5, 5.41) is 0. The van der Waals surface area contributed by atoms with Crippen molar-refractivity contribution in [1.29, 1.82) is 0 Å². The van der Waals surface area contributed by atoms with Crippen molar-refractivity contribution < 1.29 is 4.39 Å². The predicted molar refractivity (Wildman–Crippen MR) is 235 cm³/mol. The van der Waals surface area contributed by atoms with Gasteiger partial charge in [0.25, 0.3) is 0 Å². The highest BCUT2D eigenvalue weighted by atomic mass is 19.1. The quantitative estimate of drug-likeness (QED) is 0.155. The topological polar surface area (TPSA) is 25.8 Å². The second-order valence-electron chi connectivity index (χ2n) is 14.4. The number of aromatic nitrogens is 2.